The molecule has 3 aliphatic rings. The normalized spacial score (nSPS) is 33.1. The third kappa shape index (κ3) is 2.13. The van der Waals surface area contributed by atoms with Gasteiger partial charge in [0.1, 0.15) is 0 Å². The van der Waals surface area contributed by atoms with Crippen molar-refractivity contribution in [1.29, 1.82) is 0 Å². The fourth-order valence-corrected chi connectivity index (χ4v) is 3.91. The molecule has 2 aliphatic heterocycles. The molecular weight excluding hydrogens is 228 g/mol. The molecule has 1 N–H and O–H groups in total. The zero-order chi connectivity index (χ0) is 12.5. The highest BCUT2D eigenvalue weighted by atomic mass is 16.2. The Kier molecular flexibility index (Phi) is 3.27. The van der Waals surface area contributed by atoms with Gasteiger partial charge >= 0.3 is 0 Å². The predicted molar refractivity (Wildman–Crippen MR) is 67.8 cm³/mol. The fourth-order valence-electron chi connectivity index (χ4n) is 3.91. The summed E-state index contributed by atoms with van der Waals surface area (Å²) in [4.78, 5) is 25.8. The van der Waals surface area contributed by atoms with E-state index in [-0.39, 0.29) is 17.7 Å². The molecule has 2 unspecified atom stereocenters. The topological polar surface area (TPSA) is 49.4 Å². The minimum Gasteiger partial charge on any atom is -0.355 e. The molecule has 2 heterocycles. The number of rotatable bonds is 2. The minimum atomic E-state index is -0.0977. The van der Waals surface area contributed by atoms with Crippen LogP contribution in [0.5, 0.6) is 0 Å². The van der Waals surface area contributed by atoms with E-state index < -0.39 is 0 Å². The summed E-state index contributed by atoms with van der Waals surface area (Å²) in [7, 11) is 0. The summed E-state index contributed by atoms with van der Waals surface area (Å²) in [5, 5.41) is 2.77. The molecule has 0 aromatic heterocycles. The zero-order valence-corrected chi connectivity index (χ0v) is 10.9. The Hall–Kier alpha value is -1.06. The number of likely N-dealkylation sites (tertiary alicyclic amines) is 1. The van der Waals surface area contributed by atoms with Gasteiger partial charge in [-0.2, -0.15) is 0 Å². The third-order valence-corrected chi connectivity index (χ3v) is 4.85. The number of carbonyl (C=O) groups is 2. The second-order valence-electron chi connectivity index (χ2n) is 5.99. The van der Waals surface area contributed by atoms with E-state index in [1.807, 2.05) is 0 Å². The average molecular weight is 250 g/mol. The fraction of sp³-hybridized carbons (Fsp3) is 0.857. The maximum Gasteiger partial charge on any atom is 0.228 e. The van der Waals surface area contributed by atoms with Gasteiger partial charge in [0.15, 0.2) is 0 Å². The summed E-state index contributed by atoms with van der Waals surface area (Å²) >= 11 is 0. The number of nitrogens with one attached hydrogen (secondary N) is 1. The van der Waals surface area contributed by atoms with Crippen LogP contribution in [-0.2, 0) is 9.59 Å². The molecule has 2 atom stereocenters. The van der Waals surface area contributed by atoms with Crippen LogP contribution in [0.1, 0.15) is 44.9 Å². The van der Waals surface area contributed by atoms with Crippen LogP contribution in [0.15, 0.2) is 0 Å². The molecule has 0 bridgehead atoms. The van der Waals surface area contributed by atoms with Crippen LogP contribution in [-0.4, -0.2) is 35.8 Å². The van der Waals surface area contributed by atoms with Crippen LogP contribution in [0.2, 0.25) is 0 Å². The van der Waals surface area contributed by atoms with Crippen LogP contribution >= 0.6 is 0 Å². The molecule has 1 saturated carbocycles. The summed E-state index contributed by atoms with van der Waals surface area (Å²) < 4.78 is 0. The van der Waals surface area contributed by atoms with Gasteiger partial charge < -0.3 is 10.2 Å². The molecule has 0 spiro atoms. The van der Waals surface area contributed by atoms with Gasteiger partial charge in [-0.15, -0.1) is 0 Å². The van der Waals surface area contributed by atoms with Crippen LogP contribution < -0.4 is 5.32 Å². The number of carbonyl (C=O) groups excluding carboxylic acids is 2. The molecule has 3 rings (SSSR count). The van der Waals surface area contributed by atoms with Crippen molar-refractivity contribution < 1.29 is 9.59 Å². The number of nitrogens with zero attached hydrogens (tertiary/aromatic N) is 1. The standard InChI is InChI=1S/C14H22N2O2/c17-13-8-11(9-15-13)14(18)16-7-3-6-12(16)10-4-1-2-5-10/h10-12H,1-9H2,(H,15,17). The van der Waals surface area contributed by atoms with Crippen molar-refractivity contribution in [3.8, 4) is 0 Å². The van der Waals surface area contributed by atoms with Gasteiger partial charge in [-0.3, -0.25) is 9.59 Å². The van der Waals surface area contributed by atoms with E-state index in [2.05, 4.69) is 10.2 Å². The van der Waals surface area contributed by atoms with Gasteiger partial charge in [-0.1, -0.05) is 12.8 Å². The molecule has 100 valence electrons. The first kappa shape index (κ1) is 12.0. The molecule has 0 radical (unpaired) electrons. The molecule has 0 aromatic carbocycles. The SMILES string of the molecule is O=C1CC(C(=O)N2CCCC2C2CCCC2)CN1. The number of hydrogen-bond donors (Lipinski definition) is 1. The molecule has 2 amide bonds. The Labute approximate surface area is 108 Å². The van der Waals surface area contributed by atoms with E-state index >= 15 is 0 Å². The van der Waals surface area contributed by atoms with E-state index in [1.165, 1.54) is 32.1 Å². The largest absolute Gasteiger partial charge is 0.355 e. The second-order valence-corrected chi connectivity index (χ2v) is 5.99. The van der Waals surface area contributed by atoms with Crippen molar-refractivity contribution >= 4 is 11.8 Å². The lowest BCUT2D eigenvalue weighted by molar-refractivity contribution is -0.137. The Morgan fingerprint density at radius 1 is 1.17 bits per heavy atom. The third-order valence-electron chi connectivity index (χ3n) is 4.85. The van der Waals surface area contributed by atoms with Crippen LogP contribution in [0.25, 0.3) is 0 Å². The first-order valence-electron chi connectivity index (χ1n) is 7.33. The van der Waals surface area contributed by atoms with Gasteiger partial charge in [0.05, 0.1) is 5.92 Å². The summed E-state index contributed by atoms with van der Waals surface area (Å²) in [6.45, 7) is 1.45. The van der Waals surface area contributed by atoms with Crippen LogP contribution in [0.4, 0.5) is 0 Å². The molecule has 3 fully saturated rings. The highest BCUT2D eigenvalue weighted by molar-refractivity contribution is 5.89. The van der Waals surface area contributed by atoms with E-state index in [1.54, 1.807) is 0 Å². The van der Waals surface area contributed by atoms with Crippen LogP contribution in [0, 0.1) is 11.8 Å². The lowest BCUT2D eigenvalue weighted by atomic mass is 9.95. The van der Waals surface area contributed by atoms with E-state index in [4.69, 9.17) is 0 Å². The molecular formula is C14H22N2O2. The predicted octanol–water partition coefficient (Wildman–Crippen LogP) is 1.30. The number of amides is 2. The van der Waals surface area contributed by atoms with Gasteiger partial charge in [-0.25, -0.2) is 0 Å². The first-order chi connectivity index (χ1) is 8.75. The molecule has 18 heavy (non-hydrogen) atoms. The second kappa shape index (κ2) is 4.90. The summed E-state index contributed by atoms with van der Waals surface area (Å²) in [6, 6.07) is 0.468. The highest BCUT2D eigenvalue weighted by Crippen LogP contribution is 2.36. The Balaban J connectivity index is 1.66. The van der Waals surface area contributed by atoms with E-state index in [0.717, 1.165) is 18.9 Å². The summed E-state index contributed by atoms with van der Waals surface area (Å²) in [6.07, 6.45) is 7.93. The van der Waals surface area contributed by atoms with Gasteiger partial charge in [-0.05, 0) is 31.6 Å². The van der Waals surface area contributed by atoms with Gasteiger partial charge in [0, 0.05) is 25.6 Å². The zero-order valence-electron chi connectivity index (χ0n) is 10.9. The summed E-state index contributed by atoms with van der Waals surface area (Å²) in [5.41, 5.74) is 0. The summed E-state index contributed by atoms with van der Waals surface area (Å²) in [5.74, 6) is 0.883. The maximum absolute atomic E-state index is 12.5. The minimum absolute atomic E-state index is 0.0324. The van der Waals surface area contributed by atoms with Crippen molar-refractivity contribution in [2.45, 2.75) is 51.0 Å². The smallest absolute Gasteiger partial charge is 0.228 e. The van der Waals surface area contributed by atoms with Gasteiger partial charge in [0.2, 0.25) is 11.8 Å². The maximum atomic E-state index is 12.5. The van der Waals surface area contributed by atoms with Crippen molar-refractivity contribution in [2.24, 2.45) is 11.8 Å². The lowest BCUT2D eigenvalue weighted by Gasteiger charge is -2.31. The molecule has 2 saturated heterocycles. The highest BCUT2D eigenvalue weighted by Gasteiger charge is 2.39. The van der Waals surface area contributed by atoms with Crippen LogP contribution in [0.3, 0.4) is 0 Å². The molecule has 1 aliphatic carbocycles. The molecule has 4 nitrogen and oxygen atoms in total. The molecule has 0 aromatic rings. The molecule has 4 heteroatoms. The van der Waals surface area contributed by atoms with Crippen molar-refractivity contribution in [3.05, 3.63) is 0 Å². The Morgan fingerprint density at radius 3 is 2.61 bits per heavy atom. The monoisotopic (exact) mass is 250 g/mol. The van der Waals surface area contributed by atoms with Crippen molar-refractivity contribution in [3.63, 3.8) is 0 Å². The Bertz CT molecular complexity index is 350. The van der Waals surface area contributed by atoms with Crippen molar-refractivity contribution in [2.75, 3.05) is 13.1 Å². The van der Waals surface area contributed by atoms with E-state index in [0.29, 0.717) is 19.0 Å². The Morgan fingerprint density at radius 2 is 1.94 bits per heavy atom. The van der Waals surface area contributed by atoms with Crippen molar-refractivity contribution in [1.82, 2.24) is 10.2 Å². The van der Waals surface area contributed by atoms with E-state index in [9.17, 15) is 9.59 Å². The average Bonchev–Trinajstić information content (AvgIpc) is 3.08. The number of hydrogen-bond acceptors (Lipinski definition) is 2. The lowest BCUT2D eigenvalue weighted by Crippen LogP contribution is -2.43. The first-order valence-corrected chi connectivity index (χ1v) is 7.33. The quantitative estimate of drug-likeness (QED) is 0.803. The van der Waals surface area contributed by atoms with Gasteiger partial charge in [0.25, 0.3) is 0 Å².